The zero-order chi connectivity index (χ0) is 20.5. The van der Waals surface area contributed by atoms with E-state index in [1.54, 1.807) is 0 Å². The largest absolute Gasteiger partial charge is 0.381 e. The molecule has 4 nitrogen and oxygen atoms in total. The fourth-order valence-corrected chi connectivity index (χ4v) is 5.80. The third kappa shape index (κ3) is 4.14. The summed E-state index contributed by atoms with van der Waals surface area (Å²) in [4.78, 5) is 2.72. The van der Waals surface area contributed by atoms with Crippen LogP contribution in [0.25, 0.3) is 0 Å². The van der Waals surface area contributed by atoms with Crippen LogP contribution in [0.4, 0.5) is 5.69 Å². The van der Waals surface area contributed by atoms with Gasteiger partial charge in [-0.05, 0) is 81.4 Å². The molecule has 2 aliphatic heterocycles. The quantitative estimate of drug-likeness (QED) is 0.698. The van der Waals surface area contributed by atoms with E-state index in [2.05, 4.69) is 77.2 Å². The monoisotopic (exact) mass is 404 g/mol. The third-order valence-corrected chi connectivity index (χ3v) is 7.27. The Labute approximate surface area is 181 Å². The maximum atomic E-state index is 3.87. The predicted molar refractivity (Wildman–Crippen MR) is 124 cm³/mol. The second-order valence-electron chi connectivity index (χ2n) is 9.53. The minimum Gasteiger partial charge on any atom is -0.381 e. The Morgan fingerprint density at radius 3 is 2.73 bits per heavy atom. The van der Waals surface area contributed by atoms with Gasteiger partial charge in [0.1, 0.15) is 0 Å². The molecule has 3 N–H and O–H groups in total. The highest BCUT2D eigenvalue weighted by molar-refractivity contribution is 5.51. The molecule has 4 unspecified atom stereocenters. The summed E-state index contributed by atoms with van der Waals surface area (Å²) in [5.74, 6) is 0.651. The van der Waals surface area contributed by atoms with Crippen LogP contribution in [-0.4, -0.2) is 30.3 Å². The van der Waals surface area contributed by atoms with E-state index in [0.29, 0.717) is 24.3 Å². The topological polar surface area (TPSA) is 39.3 Å². The van der Waals surface area contributed by atoms with Crippen molar-refractivity contribution >= 4 is 5.69 Å². The molecular formula is C26H36N4. The molecule has 0 amide bonds. The number of benzene rings is 2. The summed E-state index contributed by atoms with van der Waals surface area (Å²) in [6.45, 7) is 7.82. The summed E-state index contributed by atoms with van der Waals surface area (Å²) in [5, 5.41) is 11.4. The summed E-state index contributed by atoms with van der Waals surface area (Å²) >= 11 is 0. The van der Waals surface area contributed by atoms with Crippen molar-refractivity contribution in [3.63, 3.8) is 0 Å². The van der Waals surface area contributed by atoms with Crippen LogP contribution in [0.2, 0.25) is 0 Å². The Kier molecular flexibility index (Phi) is 5.81. The molecule has 2 fully saturated rings. The van der Waals surface area contributed by atoms with Crippen LogP contribution < -0.4 is 16.0 Å². The molecule has 4 heteroatoms. The first-order valence-electron chi connectivity index (χ1n) is 11.9. The highest BCUT2D eigenvalue weighted by atomic mass is 15.3. The van der Waals surface area contributed by atoms with Crippen molar-refractivity contribution < 1.29 is 0 Å². The van der Waals surface area contributed by atoms with Crippen LogP contribution in [0.1, 0.15) is 60.9 Å². The summed E-state index contributed by atoms with van der Waals surface area (Å²) in [6, 6.07) is 16.3. The Morgan fingerprint density at radius 1 is 1.03 bits per heavy atom. The lowest BCUT2D eigenvalue weighted by Gasteiger charge is -2.50. The number of rotatable bonds is 4. The van der Waals surface area contributed by atoms with Gasteiger partial charge in [0.05, 0.1) is 12.3 Å². The summed E-state index contributed by atoms with van der Waals surface area (Å²) < 4.78 is 0. The van der Waals surface area contributed by atoms with Gasteiger partial charge in [-0.25, -0.2) is 0 Å². The van der Waals surface area contributed by atoms with Crippen LogP contribution in [-0.2, 0) is 13.0 Å². The lowest BCUT2D eigenvalue weighted by Crippen LogP contribution is -2.65. The molecule has 0 saturated carbocycles. The number of aryl methyl sites for hydroxylation is 2. The number of piperidine rings is 1. The van der Waals surface area contributed by atoms with Crippen LogP contribution in [0.15, 0.2) is 42.5 Å². The van der Waals surface area contributed by atoms with Gasteiger partial charge in [0.15, 0.2) is 0 Å². The van der Waals surface area contributed by atoms with E-state index in [1.165, 1.54) is 73.1 Å². The van der Waals surface area contributed by atoms with Gasteiger partial charge < -0.3 is 5.32 Å². The standard InChI is InChI=1S/C26H36N4/c1-18-7-6-8-20(15-18)17-27-22-10-12-23-21(16-22)9-11-24-25(23)28-19(2)29-26(24)30-13-4-3-5-14-30/h6-8,10,12,15-16,19,24-29H,3-5,9,11,13-14,17H2,1-2H3. The highest BCUT2D eigenvalue weighted by Gasteiger charge is 2.42. The van der Waals surface area contributed by atoms with Crippen molar-refractivity contribution in [2.24, 2.45) is 5.92 Å². The van der Waals surface area contributed by atoms with Crippen LogP contribution >= 0.6 is 0 Å². The Balaban J connectivity index is 1.32. The molecule has 30 heavy (non-hydrogen) atoms. The fraction of sp³-hybridized carbons (Fsp3) is 0.538. The van der Waals surface area contributed by atoms with Crippen LogP contribution in [0, 0.1) is 12.8 Å². The first-order valence-corrected chi connectivity index (χ1v) is 11.9. The normalized spacial score (nSPS) is 29.1. The van der Waals surface area contributed by atoms with Gasteiger partial charge >= 0.3 is 0 Å². The Hall–Kier alpha value is -1.88. The average molecular weight is 405 g/mol. The zero-order valence-electron chi connectivity index (χ0n) is 18.5. The first-order chi connectivity index (χ1) is 14.7. The maximum absolute atomic E-state index is 3.87. The molecule has 5 rings (SSSR count). The molecule has 4 atom stereocenters. The average Bonchev–Trinajstić information content (AvgIpc) is 2.77. The molecule has 2 saturated heterocycles. The van der Waals surface area contributed by atoms with Gasteiger partial charge in [0.25, 0.3) is 0 Å². The Bertz CT molecular complexity index is 873. The van der Waals surface area contributed by atoms with E-state index >= 15 is 0 Å². The smallest absolute Gasteiger partial charge is 0.0656 e. The molecule has 0 radical (unpaired) electrons. The number of hydrogen-bond acceptors (Lipinski definition) is 4. The molecule has 3 aliphatic rings. The van der Waals surface area contributed by atoms with Gasteiger partial charge in [-0.15, -0.1) is 0 Å². The Morgan fingerprint density at radius 2 is 1.90 bits per heavy atom. The number of nitrogens with zero attached hydrogens (tertiary/aromatic N) is 1. The number of fused-ring (bicyclic) bond motifs is 3. The number of likely N-dealkylation sites (tertiary alicyclic amines) is 1. The molecular weight excluding hydrogens is 368 g/mol. The minimum atomic E-state index is 0.350. The summed E-state index contributed by atoms with van der Waals surface area (Å²) in [5.41, 5.74) is 6.93. The van der Waals surface area contributed by atoms with Gasteiger partial charge in [-0.1, -0.05) is 42.3 Å². The number of hydrogen-bond donors (Lipinski definition) is 3. The SMILES string of the molecule is Cc1cccc(CNc2ccc3c(c2)CCC2C3NC(C)NC2N2CCCCC2)c1. The zero-order valence-corrected chi connectivity index (χ0v) is 18.5. The van der Waals surface area contributed by atoms with Gasteiger partial charge in [0, 0.05) is 24.2 Å². The molecule has 2 aromatic carbocycles. The van der Waals surface area contributed by atoms with Crippen LogP contribution in [0.5, 0.6) is 0 Å². The van der Waals surface area contributed by atoms with E-state index < -0.39 is 0 Å². The van der Waals surface area contributed by atoms with E-state index in [0.717, 1.165) is 6.54 Å². The molecule has 0 spiro atoms. The molecule has 160 valence electrons. The van der Waals surface area contributed by atoms with E-state index in [1.807, 2.05) is 0 Å². The molecule has 0 bridgehead atoms. The fourth-order valence-electron chi connectivity index (χ4n) is 5.80. The molecule has 1 aliphatic carbocycles. The van der Waals surface area contributed by atoms with Gasteiger partial charge in [0.2, 0.25) is 0 Å². The van der Waals surface area contributed by atoms with E-state index in [-0.39, 0.29) is 0 Å². The third-order valence-electron chi connectivity index (χ3n) is 7.27. The summed E-state index contributed by atoms with van der Waals surface area (Å²) in [7, 11) is 0. The van der Waals surface area contributed by atoms with Crippen molar-refractivity contribution in [1.82, 2.24) is 15.5 Å². The molecule has 2 aromatic rings. The first kappa shape index (κ1) is 20.0. The highest BCUT2D eigenvalue weighted by Crippen LogP contribution is 2.40. The number of anilines is 1. The van der Waals surface area contributed by atoms with Gasteiger partial charge in [-0.3, -0.25) is 15.5 Å². The maximum Gasteiger partial charge on any atom is 0.0656 e. The lowest BCUT2D eigenvalue weighted by molar-refractivity contribution is 0.0204. The van der Waals surface area contributed by atoms with Crippen LogP contribution in [0.3, 0.4) is 0 Å². The second-order valence-corrected chi connectivity index (χ2v) is 9.53. The van der Waals surface area contributed by atoms with Gasteiger partial charge in [-0.2, -0.15) is 0 Å². The van der Waals surface area contributed by atoms with Crippen molar-refractivity contribution in [3.05, 3.63) is 64.7 Å². The van der Waals surface area contributed by atoms with Crippen molar-refractivity contribution in [2.45, 2.75) is 70.9 Å². The minimum absolute atomic E-state index is 0.350. The molecule has 0 aromatic heterocycles. The van der Waals surface area contributed by atoms with Crippen molar-refractivity contribution in [2.75, 3.05) is 18.4 Å². The molecule has 2 heterocycles. The van der Waals surface area contributed by atoms with Crippen molar-refractivity contribution in [1.29, 1.82) is 0 Å². The second kappa shape index (κ2) is 8.70. The van der Waals surface area contributed by atoms with E-state index in [4.69, 9.17) is 0 Å². The van der Waals surface area contributed by atoms with Crippen molar-refractivity contribution in [3.8, 4) is 0 Å². The lowest BCUT2D eigenvalue weighted by atomic mass is 9.76. The predicted octanol–water partition coefficient (Wildman–Crippen LogP) is 4.56. The van der Waals surface area contributed by atoms with E-state index in [9.17, 15) is 0 Å². The number of nitrogens with one attached hydrogen (secondary N) is 3. The summed E-state index contributed by atoms with van der Waals surface area (Å²) in [6.07, 6.45) is 7.40.